The summed E-state index contributed by atoms with van der Waals surface area (Å²) in [6, 6.07) is 4.44. The number of rotatable bonds is 1. The lowest BCUT2D eigenvalue weighted by atomic mass is 10.1. The number of anilines is 1. The fourth-order valence-electron chi connectivity index (χ4n) is 1.75. The van der Waals surface area contributed by atoms with E-state index in [-0.39, 0.29) is 0 Å². The van der Waals surface area contributed by atoms with E-state index in [2.05, 4.69) is 54.2 Å². The van der Waals surface area contributed by atoms with E-state index in [0.717, 1.165) is 12.5 Å². The van der Waals surface area contributed by atoms with Gasteiger partial charge in [-0.1, -0.05) is 13.8 Å². The molecule has 0 saturated carbocycles. The highest BCUT2D eigenvalue weighted by molar-refractivity contribution is 9.10. The molecule has 0 aliphatic carbocycles. The molecule has 2 rings (SSSR count). The molecule has 82 valence electrons. The van der Waals surface area contributed by atoms with Crippen molar-refractivity contribution in [2.75, 3.05) is 11.9 Å². The van der Waals surface area contributed by atoms with Crippen molar-refractivity contribution in [2.24, 2.45) is 5.92 Å². The summed E-state index contributed by atoms with van der Waals surface area (Å²) in [5.74, 6) is 0.718. The van der Waals surface area contributed by atoms with Gasteiger partial charge in [-0.25, -0.2) is 0 Å². The first-order chi connectivity index (χ1) is 7.08. The van der Waals surface area contributed by atoms with Gasteiger partial charge in [0, 0.05) is 21.2 Å². The van der Waals surface area contributed by atoms with Crippen molar-refractivity contribution in [3.63, 3.8) is 0 Å². The molecule has 1 nitrogen and oxygen atoms in total. The Morgan fingerprint density at radius 3 is 2.87 bits per heavy atom. The fraction of sp³-hybridized carbons (Fsp3) is 0.500. The average molecular weight is 286 g/mol. The molecule has 0 radical (unpaired) electrons. The van der Waals surface area contributed by atoms with Crippen LogP contribution in [0.4, 0.5) is 5.69 Å². The Labute approximate surface area is 104 Å². The molecule has 0 saturated heterocycles. The molecule has 1 heterocycles. The zero-order chi connectivity index (χ0) is 11.0. The summed E-state index contributed by atoms with van der Waals surface area (Å²) in [5, 5.41) is 4.21. The van der Waals surface area contributed by atoms with E-state index in [1.807, 2.05) is 11.8 Å². The highest BCUT2D eigenvalue weighted by atomic mass is 79.9. The van der Waals surface area contributed by atoms with E-state index in [4.69, 9.17) is 0 Å². The Hall–Kier alpha value is -0.150. The summed E-state index contributed by atoms with van der Waals surface area (Å²) >= 11 is 5.61. The van der Waals surface area contributed by atoms with Gasteiger partial charge in [0.2, 0.25) is 0 Å². The van der Waals surface area contributed by atoms with Crippen LogP contribution < -0.4 is 5.32 Å². The number of aryl methyl sites for hydroxylation is 1. The number of fused-ring (bicyclic) bond motifs is 1. The summed E-state index contributed by atoms with van der Waals surface area (Å²) in [4.78, 5) is 1.38. The molecule has 0 bridgehead atoms. The van der Waals surface area contributed by atoms with E-state index in [1.54, 1.807) is 0 Å². The average Bonchev–Trinajstić information content (AvgIpc) is 2.16. The van der Waals surface area contributed by atoms with Gasteiger partial charge < -0.3 is 5.32 Å². The number of thioether (sulfide) groups is 1. The Morgan fingerprint density at radius 2 is 2.20 bits per heavy atom. The third-order valence-corrected chi connectivity index (χ3v) is 4.92. The van der Waals surface area contributed by atoms with Gasteiger partial charge in [0.1, 0.15) is 0 Å². The summed E-state index contributed by atoms with van der Waals surface area (Å²) in [5.41, 5.74) is 2.59. The van der Waals surface area contributed by atoms with Crippen molar-refractivity contribution in [3.8, 4) is 0 Å². The maximum atomic E-state index is 3.61. The van der Waals surface area contributed by atoms with Crippen LogP contribution in [-0.2, 0) is 0 Å². The minimum Gasteiger partial charge on any atom is -0.382 e. The summed E-state index contributed by atoms with van der Waals surface area (Å²) < 4.78 is 1.19. The van der Waals surface area contributed by atoms with E-state index < -0.39 is 0 Å². The number of hydrogen-bond donors (Lipinski definition) is 1. The molecule has 0 aromatic heterocycles. The van der Waals surface area contributed by atoms with Crippen LogP contribution in [-0.4, -0.2) is 11.8 Å². The highest BCUT2D eigenvalue weighted by Gasteiger charge is 2.23. The Morgan fingerprint density at radius 1 is 1.47 bits per heavy atom. The zero-order valence-electron chi connectivity index (χ0n) is 9.30. The molecule has 0 spiro atoms. The third-order valence-electron chi connectivity index (χ3n) is 2.70. The van der Waals surface area contributed by atoms with Crippen LogP contribution >= 0.6 is 27.7 Å². The monoisotopic (exact) mass is 285 g/mol. The Kier molecular flexibility index (Phi) is 3.31. The first-order valence-electron chi connectivity index (χ1n) is 5.28. The number of halogens is 1. The molecule has 0 fully saturated rings. The Balaban J connectivity index is 2.33. The van der Waals surface area contributed by atoms with Crippen LogP contribution in [0.5, 0.6) is 0 Å². The van der Waals surface area contributed by atoms with Gasteiger partial charge in [0.25, 0.3) is 0 Å². The van der Waals surface area contributed by atoms with Crippen molar-refractivity contribution < 1.29 is 0 Å². The molecule has 3 heteroatoms. The minimum atomic E-state index is 0.686. The van der Waals surface area contributed by atoms with Crippen LogP contribution in [0.25, 0.3) is 0 Å². The first-order valence-corrected chi connectivity index (χ1v) is 6.96. The molecule has 1 unspecified atom stereocenters. The quantitative estimate of drug-likeness (QED) is 0.826. The van der Waals surface area contributed by atoms with Crippen LogP contribution in [0.15, 0.2) is 21.5 Å². The smallest absolute Gasteiger partial charge is 0.0623 e. The third kappa shape index (κ3) is 2.34. The van der Waals surface area contributed by atoms with Gasteiger partial charge in [-0.2, -0.15) is 0 Å². The van der Waals surface area contributed by atoms with Crippen molar-refractivity contribution in [3.05, 3.63) is 22.2 Å². The lowest BCUT2D eigenvalue weighted by molar-refractivity contribution is 0.620. The largest absolute Gasteiger partial charge is 0.382 e. The first kappa shape index (κ1) is 11.3. The van der Waals surface area contributed by atoms with Gasteiger partial charge in [0.15, 0.2) is 0 Å². The van der Waals surface area contributed by atoms with Gasteiger partial charge in [-0.05, 0) is 46.5 Å². The number of hydrogen-bond acceptors (Lipinski definition) is 2. The van der Waals surface area contributed by atoms with Gasteiger partial charge in [-0.3, -0.25) is 0 Å². The molecular weight excluding hydrogens is 270 g/mol. The van der Waals surface area contributed by atoms with Crippen LogP contribution in [0, 0.1) is 12.8 Å². The maximum absolute atomic E-state index is 3.61. The molecular formula is C12H16BrNS. The molecule has 1 aromatic carbocycles. The molecule has 1 N–H and O–H groups in total. The van der Waals surface area contributed by atoms with Crippen molar-refractivity contribution in [1.29, 1.82) is 0 Å². The highest BCUT2D eigenvalue weighted by Crippen LogP contribution is 2.42. The second-order valence-electron chi connectivity index (χ2n) is 4.40. The normalized spacial score (nSPS) is 19.9. The standard InChI is InChI=1S/C12H16BrNS/c1-7(2)11-6-14-12-9(13)4-8(3)5-10(12)15-11/h4-5,7,11,14H,6H2,1-3H3. The molecule has 1 aliphatic heterocycles. The van der Waals surface area contributed by atoms with Crippen LogP contribution in [0.3, 0.4) is 0 Å². The van der Waals surface area contributed by atoms with E-state index in [0.29, 0.717) is 5.25 Å². The van der Waals surface area contributed by atoms with Crippen LogP contribution in [0.1, 0.15) is 19.4 Å². The molecule has 1 aliphatic rings. The second kappa shape index (κ2) is 4.38. The number of nitrogens with one attached hydrogen (secondary N) is 1. The number of benzene rings is 1. The topological polar surface area (TPSA) is 12.0 Å². The molecule has 1 atom stereocenters. The van der Waals surface area contributed by atoms with Gasteiger partial charge in [0.05, 0.1) is 5.69 Å². The van der Waals surface area contributed by atoms with Crippen molar-refractivity contribution in [2.45, 2.75) is 30.9 Å². The summed E-state index contributed by atoms with van der Waals surface area (Å²) in [6.45, 7) is 7.78. The SMILES string of the molecule is Cc1cc(Br)c2c(c1)SC(C(C)C)CN2. The molecule has 1 aromatic rings. The fourth-order valence-corrected chi connectivity index (χ4v) is 3.92. The summed E-state index contributed by atoms with van der Waals surface area (Å²) in [7, 11) is 0. The second-order valence-corrected chi connectivity index (χ2v) is 6.54. The minimum absolute atomic E-state index is 0.686. The predicted molar refractivity (Wildman–Crippen MR) is 71.9 cm³/mol. The molecule has 0 amide bonds. The van der Waals surface area contributed by atoms with Gasteiger partial charge in [-0.15, -0.1) is 11.8 Å². The lowest BCUT2D eigenvalue weighted by Crippen LogP contribution is -2.26. The van der Waals surface area contributed by atoms with E-state index in [9.17, 15) is 0 Å². The zero-order valence-corrected chi connectivity index (χ0v) is 11.7. The predicted octanol–water partition coefficient (Wildman–Crippen LogP) is 4.30. The van der Waals surface area contributed by atoms with Crippen molar-refractivity contribution >= 4 is 33.4 Å². The maximum Gasteiger partial charge on any atom is 0.0623 e. The van der Waals surface area contributed by atoms with Gasteiger partial charge >= 0.3 is 0 Å². The van der Waals surface area contributed by atoms with Crippen molar-refractivity contribution in [1.82, 2.24) is 0 Å². The van der Waals surface area contributed by atoms with Crippen LogP contribution in [0.2, 0.25) is 0 Å². The van der Waals surface area contributed by atoms with E-state index >= 15 is 0 Å². The molecule has 15 heavy (non-hydrogen) atoms. The lowest BCUT2D eigenvalue weighted by Gasteiger charge is -2.29. The summed E-state index contributed by atoms with van der Waals surface area (Å²) in [6.07, 6.45) is 0. The Bertz CT molecular complexity index is 376. The van der Waals surface area contributed by atoms with E-state index in [1.165, 1.54) is 20.6 Å².